The highest BCUT2D eigenvalue weighted by molar-refractivity contribution is 6.39. The van der Waals surface area contributed by atoms with E-state index in [2.05, 4.69) is 5.16 Å². The molecule has 2 aliphatic heterocycles. The molecule has 0 unspecified atom stereocenters. The zero-order valence-electron chi connectivity index (χ0n) is 14.4. The van der Waals surface area contributed by atoms with Crippen molar-refractivity contribution in [3.8, 4) is 11.3 Å². The van der Waals surface area contributed by atoms with Crippen molar-refractivity contribution in [2.45, 2.75) is 49.8 Å². The van der Waals surface area contributed by atoms with Gasteiger partial charge < -0.3 is 23.8 Å². The Kier molecular flexibility index (Phi) is 4.66. The molecule has 2 saturated heterocycles. The van der Waals surface area contributed by atoms with Crippen LogP contribution in [0.1, 0.15) is 30.1 Å². The second-order valence-electron chi connectivity index (χ2n) is 7.26. The van der Waals surface area contributed by atoms with E-state index >= 15 is 0 Å². The molecule has 8 heteroatoms. The van der Waals surface area contributed by atoms with E-state index in [-0.39, 0.29) is 24.9 Å². The Morgan fingerprint density at radius 3 is 2.59 bits per heavy atom. The number of aliphatic hydroxyl groups excluding tert-OH is 1. The van der Waals surface area contributed by atoms with Crippen molar-refractivity contribution in [2.24, 2.45) is 0 Å². The summed E-state index contributed by atoms with van der Waals surface area (Å²) in [5, 5.41) is 15.2. The van der Waals surface area contributed by atoms with Crippen LogP contribution in [0.15, 0.2) is 22.7 Å². The molecule has 2 aromatic rings. The Bertz CT molecular complexity index is 832. The molecular weight excluding hydrogens is 393 g/mol. The third kappa shape index (κ3) is 3.18. The number of nitrogens with zero attached hydrogens (tertiary/aromatic N) is 1. The first kappa shape index (κ1) is 17.9. The Morgan fingerprint density at radius 1 is 1.11 bits per heavy atom. The molecular formula is C19H19Cl2NO5. The molecule has 3 heterocycles. The maximum atomic E-state index is 9.89. The van der Waals surface area contributed by atoms with Gasteiger partial charge in [-0.3, -0.25) is 0 Å². The highest BCUT2D eigenvalue weighted by Gasteiger charge is 2.48. The third-order valence-corrected chi connectivity index (χ3v) is 6.02. The van der Waals surface area contributed by atoms with E-state index in [9.17, 15) is 5.11 Å². The smallest absolute Gasteiger partial charge is 0.145 e. The van der Waals surface area contributed by atoms with E-state index in [1.165, 1.54) is 0 Å². The summed E-state index contributed by atoms with van der Waals surface area (Å²) < 4.78 is 23.0. The molecule has 1 N–H and O–H groups in total. The van der Waals surface area contributed by atoms with Crippen LogP contribution in [0.3, 0.4) is 0 Å². The van der Waals surface area contributed by atoms with Crippen LogP contribution in [0, 0.1) is 0 Å². The van der Waals surface area contributed by atoms with Crippen LogP contribution in [0.2, 0.25) is 10.0 Å². The summed E-state index contributed by atoms with van der Waals surface area (Å²) in [7, 11) is 0. The number of fused-ring (bicyclic) bond motifs is 1. The van der Waals surface area contributed by atoms with E-state index in [1.807, 2.05) is 0 Å². The lowest BCUT2D eigenvalue weighted by atomic mass is 10.0. The maximum absolute atomic E-state index is 9.89. The topological polar surface area (TPSA) is 74.0 Å². The van der Waals surface area contributed by atoms with Crippen molar-refractivity contribution in [3.05, 3.63) is 39.6 Å². The number of hydrogen-bond donors (Lipinski definition) is 1. The van der Waals surface area contributed by atoms with Gasteiger partial charge in [0.15, 0.2) is 0 Å². The number of ether oxygens (including phenoxy) is 3. The van der Waals surface area contributed by atoms with Crippen LogP contribution >= 0.6 is 23.2 Å². The van der Waals surface area contributed by atoms with E-state index < -0.39 is 6.10 Å². The lowest BCUT2D eigenvalue weighted by Crippen LogP contribution is -2.32. The molecule has 6 nitrogen and oxygen atoms in total. The van der Waals surface area contributed by atoms with Gasteiger partial charge in [-0.2, -0.15) is 0 Å². The zero-order chi connectivity index (χ0) is 18.5. The first-order valence-corrected chi connectivity index (χ1v) is 9.84. The van der Waals surface area contributed by atoms with Gasteiger partial charge in [0.05, 0.1) is 29.9 Å². The lowest BCUT2D eigenvalue weighted by molar-refractivity contribution is -0.0441. The van der Waals surface area contributed by atoms with Crippen LogP contribution in [-0.4, -0.2) is 47.9 Å². The predicted molar refractivity (Wildman–Crippen MR) is 98.0 cm³/mol. The first-order valence-electron chi connectivity index (χ1n) is 9.09. The van der Waals surface area contributed by atoms with E-state index in [1.54, 1.807) is 18.2 Å². The van der Waals surface area contributed by atoms with Gasteiger partial charge in [-0.05, 0) is 25.0 Å². The van der Waals surface area contributed by atoms with Gasteiger partial charge in [-0.1, -0.05) is 34.4 Å². The van der Waals surface area contributed by atoms with Crippen LogP contribution < -0.4 is 0 Å². The summed E-state index contributed by atoms with van der Waals surface area (Å²) in [5.41, 5.74) is 2.15. The second kappa shape index (κ2) is 7.03. The average Bonchev–Trinajstić information content (AvgIpc) is 3.12. The van der Waals surface area contributed by atoms with E-state index in [4.69, 9.17) is 41.9 Å². The average molecular weight is 412 g/mol. The summed E-state index contributed by atoms with van der Waals surface area (Å²) in [6.07, 6.45) is 0.728. The van der Waals surface area contributed by atoms with Crippen LogP contribution in [0.25, 0.3) is 11.3 Å². The minimum absolute atomic E-state index is 0.247. The van der Waals surface area contributed by atoms with Crippen LogP contribution in [-0.2, 0) is 20.8 Å². The summed E-state index contributed by atoms with van der Waals surface area (Å²) >= 11 is 12.8. The molecule has 5 rings (SSSR count). The van der Waals surface area contributed by atoms with Crippen molar-refractivity contribution in [1.29, 1.82) is 0 Å². The quantitative estimate of drug-likeness (QED) is 0.810. The van der Waals surface area contributed by atoms with E-state index in [0.717, 1.165) is 24.2 Å². The molecule has 27 heavy (non-hydrogen) atoms. The number of rotatable bonds is 5. The molecule has 4 atom stereocenters. The fourth-order valence-electron chi connectivity index (χ4n) is 3.83. The van der Waals surface area contributed by atoms with Crippen molar-refractivity contribution < 1.29 is 23.8 Å². The number of aliphatic hydroxyl groups is 1. The summed E-state index contributed by atoms with van der Waals surface area (Å²) in [6, 6.07) is 5.36. The standard InChI is InChI=1S/C19H19Cl2NO5/c20-11-2-1-3-12(21)15(11)16-10(17(27-22-16)9-4-5-9)6-24-14-8-26-18-13(23)7-25-19(14)18/h1-3,9,13-14,18-19,23H,4-8H2/t13-,14+,18-,19-/m1/s1. The molecule has 3 aliphatic rings. The minimum atomic E-state index is -0.598. The summed E-state index contributed by atoms with van der Waals surface area (Å²) in [4.78, 5) is 0. The molecule has 0 spiro atoms. The van der Waals surface area contributed by atoms with E-state index in [0.29, 0.717) is 40.4 Å². The molecule has 144 valence electrons. The minimum Gasteiger partial charge on any atom is -0.388 e. The Labute approximate surface area is 166 Å². The molecule has 1 aromatic heterocycles. The predicted octanol–water partition coefficient (Wildman–Crippen LogP) is 3.57. The summed E-state index contributed by atoms with van der Waals surface area (Å²) in [5.74, 6) is 1.20. The second-order valence-corrected chi connectivity index (χ2v) is 8.07. The van der Waals surface area contributed by atoms with Gasteiger partial charge in [0.25, 0.3) is 0 Å². The van der Waals surface area contributed by atoms with Gasteiger partial charge in [0.2, 0.25) is 0 Å². The van der Waals surface area contributed by atoms with Crippen molar-refractivity contribution in [3.63, 3.8) is 0 Å². The number of halogens is 2. The molecule has 0 amide bonds. The highest BCUT2D eigenvalue weighted by atomic mass is 35.5. The fourth-order valence-corrected chi connectivity index (χ4v) is 4.40. The van der Waals surface area contributed by atoms with Crippen molar-refractivity contribution in [2.75, 3.05) is 13.2 Å². The molecule has 3 fully saturated rings. The van der Waals surface area contributed by atoms with Crippen molar-refractivity contribution in [1.82, 2.24) is 5.16 Å². The zero-order valence-corrected chi connectivity index (χ0v) is 15.9. The van der Waals surface area contributed by atoms with Crippen LogP contribution in [0.4, 0.5) is 0 Å². The van der Waals surface area contributed by atoms with Gasteiger partial charge >= 0.3 is 0 Å². The molecule has 0 radical (unpaired) electrons. The van der Waals surface area contributed by atoms with Gasteiger partial charge in [0.1, 0.15) is 35.9 Å². The van der Waals surface area contributed by atoms with Crippen LogP contribution in [0.5, 0.6) is 0 Å². The summed E-state index contributed by atoms with van der Waals surface area (Å²) in [6.45, 7) is 0.956. The Balaban J connectivity index is 1.43. The Morgan fingerprint density at radius 2 is 1.85 bits per heavy atom. The van der Waals surface area contributed by atoms with Gasteiger partial charge in [-0.25, -0.2) is 0 Å². The normalized spacial score (nSPS) is 30.0. The number of aromatic nitrogens is 1. The number of benzene rings is 1. The molecule has 1 saturated carbocycles. The SMILES string of the molecule is O[C@@H]1CO[C@H]2[C@@H]1OC[C@@H]2OCc1c(-c2c(Cl)cccc2Cl)noc1C1CC1. The largest absolute Gasteiger partial charge is 0.388 e. The van der Waals surface area contributed by atoms with Gasteiger partial charge in [0, 0.05) is 17.0 Å². The third-order valence-electron chi connectivity index (χ3n) is 5.39. The first-order chi connectivity index (χ1) is 13.1. The highest BCUT2D eigenvalue weighted by Crippen LogP contribution is 2.46. The monoisotopic (exact) mass is 411 g/mol. The maximum Gasteiger partial charge on any atom is 0.145 e. The Hall–Kier alpha value is -1.15. The molecule has 1 aromatic carbocycles. The van der Waals surface area contributed by atoms with Gasteiger partial charge in [-0.15, -0.1) is 0 Å². The lowest BCUT2D eigenvalue weighted by Gasteiger charge is -2.17. The van der Waals surface area contributed by atoms with Crippen molar-refractivity contribution >= 4 is 23.2 Å². The fraction of sp³-hybridized carbons (Fsp3) is 0.526. The molecule has 0 bridgehead atoms. The molecule has 1 aliphatic carbocycles. The number of hydrogen-bond acceptors (Lipinski definition) is 6.